The molecule has 2 bridgehead atoms. The van der Waals surface area contributed by atoms with Gasteiger partial charge >= 0.3 is 12.1 Å². The average Bonchev–Trinajstić information content (AvgIpc) is 3.46. The van der Waals surface area contributed by atoms with Crippen LogP contribution in [0.4, 0.5) is 18.9 Å². The van der Waals surface area contributed by atoms with Gasteiger partial charge < -0.3 is 0 Å². The Labute approximate surface area is 169 Å². The number of carbonyl (C=O) groups is 3. The van der Waals surface area contributed by atoms with Crippen LogP contribution in [0.5, 0.6) is 0 Å². The minimum atomic E-state index is -5.15. The number of alkyl halides is 3. The number of likely N-dealkylation sites (tertiary alicyclic amines) is 1. The van der Waals surface area contributed by atoms with E-state index in [4.69, 9.17) is 11.6 Å². The van der Waals surface area contributed by atoms with E-state index >= 15 is 0 Å². The number of carbonyl (C=O) groups excluding carboxylic acids is 3. The highest BCUT2D eigenvalue weighted by molar-refractivity contribution is 6.30. The summed E-state index contributed by atoms with van der Waals surface area (Å²) in [5, 5.41) is 0.286. The Morgan fingerprint density at radius 3 is 2.03 bits per heavy atom. The number of imide groups is 1. The molecule has 29 heavy (non-hydrogen) atoms. The van der Waals surface area contributed by atoms with Crippen LogP contribution in [0.1, 0.15) is 6.42 Å². The summed E-state index contributed by atoms with van der Waals surface area (Å²) < 4.78 is 39.6. The van der Waals surface area contributed by atoms with Crippen molar-refractivity contribution < 1.29 is 27.6 Å². The fourth-order valence-corrected chi connectivity index (χ4v) is 5.46. The van der Waals surface area contributed by atoms with Gasteiger partial charge in [0.2, 0.25) is 11.8 Å². The lowest BCUT2D eigenvalue weighted by atomic mass is 9.63. The largest absolute Gasteiger partial charge is 0.471 e. The Kier molecular flexibility index (Phi) is 3.91. The van der Waals surface area contributed by atoms with E-state index in [1.54, 1.807) is 0 Å². The van der Waals surface area contributed by atoms with Gasteiger partial charge in [0.15, 0.2) is 0 Å². The Morgan fingerprint density at radius 2 is 1.55 bits per heavy atom. The third-order valence-corrected chi connectivity index (χ3v) is 6.91. The second-order valence-electron chi connectivity index (χ2n) is 8.11. The lowest BCUT2D eigenvalue weighted by Crippen LogP contribution is -2.49. The number of benzene rings is 1. The van der Waals surface area contributed by atoms with Crippen LogP contribution in [0.25, 0.3) is 0 Å². The average molecular weight is 425 g/mol. The summed E-state index contributed by atoms with van der Waals surface area (Å²) in [7, 11) is 0. The van der Waals surface area contributed by atoms with Crippen molar-refractivity contribution in [2.24, 2.45) is 35.5 Å². The maximum atomic E-state index is 13.2. The van der Waals surface area contributed by atoms with E-state index in [9.17, 15) is 27.6 Å². The molecule has 9 heteroatoms. The lowest BCUT2D eigenvalue weighted by molar-refractivity contribution is -0.171. The molecule has 0 spiro atoms. The molecule has 1 aliphatic heterocycles. The van der Waals surface area contributed by atoms with Crippen molar-refractivity contribution in [1.82, 2.24) is 4.90 Å². The van der Waals surface area contributed by atoms with E-state index < -0.39 is 42.4 Å². The number of allylic oxidation sites excluding steroid dienone is 2. The van der Waals surface area contributed by atoms with Crippen molar-refractivity contribution in [3.63, 3.8) is 0 Å². The van der Waals surface area contributed by atoms with Gasteiger partial charge in [-0.2, -0.15) is 13.2 Å². The first-order chi connectivity index (χ1) is 13.7. The minimum Gasteiger partial charge on any atom is -0.286 e. The molecule has 6 rings (SSSR count). The molecule has 3 amide bonds. The highest BCUT2D eigenvalue weighted by atomic mass is 35.5. The summed E-state index contributed by atoms with van der Waals surface area (Å²) in [4.78, 5) is 39.4. The molecule has 5 nitrogen and oxygen atoms in total. The van der Waals surface area contributed by atoms with Gasteiger partial charge in [-0.25, -0.2) is 0 Å². The fraction of sp³-hybridized carbons (Fsp3) is 0.450. The first-order valence-electron chi connectivity index (χ1n) is 9.36. The Morgan fingerprint density at radius 1 is 1.03 bits per heavy atom. The zero-order chi connectivity index (χ0) is 20.7. The topological polar surface area (TPSA) is 57.7 Å². The molecule has 0 radical (unpaired) electrons. The third-order valence-electron chi connectivity index (χ3n) is 6.66. The summed E-state index contributed by atoms with van der Waals surface area (Å²) in [6, 6.07) is 5.20. The molecule has 0 aromatic heterocycles. The van der Waals surface area contributed by atoms with E-state index in [-0.39, 0.29) is 22.5 Å². The molecule has 0 unspecified atom stereocenters. The van der Waals surface area contributed by atoms with E-state index in [1.807, 2.05) is 12.2 Å². The van der Waals surface area contributed by atoms with Crippen LogP contribution in [0, 0.1) is 35.5 Å². The number of anilines is 1. The zero-order valence-electron chi connectivity index (χ0n) is 15.0. The third kappa shape index (κ3) is 2.72. The van der Waals surface area contributed by atoms with Crippen molar-refractivity contribution in [3.05, 3.63) is 41.4 Å². The van der Waals surface area contributed by atoms with Gasteiger partial charge in [-0.05, 0) is 54.4 Å². The maximum absolute atomic E-state index is 13.2. The van der Waals surface area contributed by atoms with Crippen LogP contribution in [0.2, 0.25) is 5.02 Å². The Balaban J connectivity index is 1.46. The number of hydrogen-bond donors (Lipinski definition) is 0. The first-order valence-corrected chi connectivity index (χ1v) is 9.74. The number of nitrogens with zero attached hydrogens (tertiary/aromatic N) is 2. The van der Waals surface area contributed by atoms with Gasteiger partial charge in [0, 0.05) is 10.7 Å². The molecule has 1 heterocycles. The second kappa shape index (κ2) is 6.08. The summed E-state index contributed by atoms with van der Waals surface area (Å²) in [6.07, 6.45) is -0.210. The first kappa shape index (κ1) is 18.7. The van der Waals surface area contributed by atoms with E-state index in [2.05, 4.69) is 0 Å². The van der Waals surface area contributed by atoms with E-state index in [1.165, 1.54) is 24.3 Å². The molecule has 1 aromatic rings. The zero-order valence-corrected chi connectivity index (χ0v) is 15.7. The van der Waals surface area contributed by atoms with Crippen LogP contribution >= 0.6 is 11.6 Å². The lowest BCUT2D eigenvalue weighted by Gasteiger charge is -2.37. The van der Waals surface area contributed by atoms with Gasteiger partial charge in [0.1, 0.15) is 6.67 Å². The SMILES string of the molecule is O=C1[C@@H]2[C@H]3C=C[C@@H]([C@@H]4C[C@@H]34)[C@@H]2C(=O)N1CN(C(=O)C(F)(F)F)c1ccc(Cl)cc1. The predicted octanol–water partition coefficient (Wildman–Crippen LogP) is 3.25. The van der Waals surface area contributed by atoms with E-state index in [0.29, 0.717) is 16.7 Å². The van der Waals surface area contributed by atoms with Gasteiger partial charge in [-0.1, -0.05) is 23.8 Å². The molecule has 5 aliphatic rings. The molecular formula is C20H16ClF3N2O3. The monoisotopic (exact) mass is 424 g/mol. The summed E-state index contributed by atoms with van der Waals surface area (Å²) in [6.45, 7) is -0.764. The van der Waals surface area contributed by atoms with E-state index in [0.717, 1.165) is 11.3 Å². The standard InChI is InChI=1S/C20H16ClF3N2O3/c21-9-1-3-10(4-2-9)25(19(29)20(22,23)24)8-26-17(27)15-11-5-6-12(14-7-13(11)14)16(15)18(26)28/h1-6,11-16H,7-8H2/t11-,12-,13-,14-,15-,16+/m0/s1. The molecule has 152 valence electrons. The molecule has 4 aliphatic carbocycles. The molecule has 3 fully saturated rings. The Bertz CT molecular complexity index is 909. The fourth-order valence-electron chi connectivity index (χ4n) is 5.34. The summed E-state index contributed by atoms with van der Waals surface area (Å²) >= 11 is 5.79. The summed E-state index contributed by atoms with van der Waals surface area (Å²) in [5.41, 5.74) is -0.0869. The smallest absolute Gasteiger partial charge is 0.286 e. The van der Waals surface area contributed by atoms with Crippen molar-refractivity contribution in [1.29, 1.82) is 0 Å². The number of rotatable bonds is 3. The Hall–Kier alpha value is -2.35. The molecule has 6 atom stereocenters. The van der Waals surface area contributed by atoms with Crippen LogP contribution in [0.3, 0.4) is 0 Å². The molecule has 0 N–H and O–H groups in total. The summed E-state index contributed by atoms with van der Waals surface area (Å²) in [5.74, 6) is -3.50. The van der Waals surface area contributed by atoms with Crippen LogP contribution in [-0.4, -0.2) is 35.5 Å². The van der Waals surface area contributed by atoms with Gasteiger partial charge in [-0.15, -0.1) is 0 Å². The number of halogens is 4. The highest BCUT2D eigenvalue weighted by Gasteiger charge is 2.67. The van der Waals surface area contributed by atoms with Gasteiger partial charge in [0.05, 0.1) is 11.8 Å². The second-order valence-corrected chi connectivity index (χ2v) is 8.54. The molecule has 2 saturated carbocycles. The maximum Gasteiger partial charge on any atom is 0.471 e. The number of amides is 3. The molecular weight excluding hydrogens is 409 g/mol. The van der Waals surface area contributed by atoms with Crippen molar-refractivity contribution in [3.8, 4) is 0 Å². The van der Waals surface area contributed by atoms with Gasteiger partial charge in [-0.3, -0.25) is 24.2 Å². The normalized spacial score (nSPS) is 34.3. The van der Waals surface area contributed by atoms with Crippen molar-refractivity contribution in [2.75, 3.05) is 11.6 Å². The highest BCUT2D eigenvalue weighted by Crippen LogP contribution is 2.65. The van der Waals surface area contributed by atoms with Crippen LogP contribution in [0.15, 0.2) is 36.4 Å². The van der Waals surface area contributed by atoms with Crippen LogP contribution in [-0.2, 0) is 14.4 Å². The molecule has 1 aromatic carbocycles. The van der Waals surface area contributed by atoms with Crippen LogP contribution < -0.4 is 4.90 Å². The van der Waals surface area contributed by atoms with Crippen molar-refractivity contribution in [2.45, 2.75) is 12.6 Å². The number of hydrogen-bond acceptors (Lipinski definition) is 3. The minimum absolute atomic E-state index is 0.0428. The molecule has 1 saturated heterocycles. The van der Waals surface area contributed by atoms with Crippen molar-refractivity contribution >= 4 is 35.0 Å². The predicted molar refractivity (Wildman–Crippen MR) is 96.4 cm³/mol. The quantitative estimate of drug-likeness (QED) is 0.553. The van der Waals surface area contributed by atoms with Gasteiger partial charge in [0.25, 0.3) is 0 Å².